The Balaban J connectivity index is 2.37. The fourth-order valence-electron chi connectivity index (χ4n) is 2.82. The fourth-order valence-corrected chi connectivity index (χ4v) is 2.82. The summed E-state index contributed by atoms with van der Waals surface area (Å²) in [7, 11) is 0. The molecular formula is C17H26N2. The van der Waals surface area contributed by atoms with Crippen LogP contribution in [0.2, 0.25) is 0 Å². The topological polar surface area (TPSA) is 16.1 Å². The Morgan fingerprint density at radius 1 is 1.37 bits per heavy atom. The quantitative estimate of drug-likeness (QED) is 0.781. The molecule has 0 bridgehead atoms. The van der Waals surface area contributed by atoms with Gasteiger partial charge in [0.15, 0.2) is 0 Å². The van der Waals surface area contributed by atoms with Crippen LogP contribution < -0.4 is 4.90 Å². The van der Waals surface area contributed by atoms with Crippen molar-refractivity contribution in [2.45, 2.75) is 53.9 Å². The third-order valence-electron chi connectivity index (χ3n) is 3.82. The van der Waals surface area contributed by atoms with E-state index in [2.05, 4.69) is 51.1 Å². The Kier molecular flexibility index (Phi) is 3.71. The predicted octanol–water partition coefficient (Wildman–Crippen LogP) is 4.40. The first-order valence-electron chi connectivity index (χ1n) is 7.20. The van der Waals surface area contributed by atoms with Gasteiger partial charge in [-0.1, -0.05) is 27.4 Å². The molecule has 0 radical (unpaired) electrons. The van der Waals surface area contributed by atoms with Crippen LogP contribution in [-0.2, 0) is 6.42 Å². The van der Waals surface area contributed by atoms with Crippen molar-refractivity contribution in [2.75, 3.05) is 11.4 Å². The van der Waals surface area contributed by atoms with Gasteiger partial charge in [0, 0.05) is 18.4 Å². The number of aromatic nitrogens is 1. The van der Waals surface area contributed by atoms with Crippen molar-refractivity contribution in [3.05, 3.63) is 35.3 Å². The summed E-state index contributed by atoms with van der Waals surface area (Å²) < 4.78 is 0. The molecular weight excluding hydrogens is 232 g/mol. The molecule has 0 spiro atoms. The largest absolute Gasteiger partial charge is 0.344 e. The minimum absolute atomic E-state index is 0.278. The molecule has 0 saturated heterocycles. The summed E-state index contributed by atoms with van der Waals surface area (Å²) >= 11 is 0. The third kappa shape index (κ3) is 2.99. The van der Waals surface area contributed by atoms with Crippen LogP contribution in [0, 0.1) is 19.3 Å². The standard InChI is InChI=1S/C17H26N2/c1-12-11-18-15-8-7-9-19(16(15)14(12)3)13(2)10-17(4,5)6/h11H,2,7-10H2,1,3-6H3. The van der Waals surface area contributed by atoms with Gasteiger partial charge in [-0.25, -0.2) is 0 Å². The Morgan fingerprint density at radius 3 is 2.68 bits per heavy atom. The van der Waals surface area contributed by atoms with Crippen LogP contribution in [0.25, 0.3) is 0 Å². The summed E-state index contributed by atoms with van der Waals surface area (Å²) in [5.74, 6) is 0. The number of rotatable bonds is 2. The summed E-state index contributed by atoms with van der Waals surface area (Å²) in [5, 5.41) is 0. The fraction of sp³-hybridized carbons (Fsp3) is 0.588. The highest BCUT2D eigenvalue weighted by Crippen LogP contribution is 2.36. The van der Waals surface area contributed by atoms with Crippen LogP contribution in [0.1, 0.15) is 50.4 Å². The van der Waals surface area contributed by atoms with E-state index in [1.54, 1.807) is 0 Å². The van der Waals surface area contributed by atoms with Crippen molar-refractivity contribution in [3.8, 4) is 0 Å². The SMILES string of the molecule is C=C(CC(C)(C)C)N1CCCc2ncc(C)c(C)c21. The molecule has 1 aliphatic heterocycles. The summed E-state index contributed by atoms with van der Waals surface area (Å²) in [4.78, 5) is 7.03. The van der Waals surface area contributed by atoms with Crippen molar-refractivity contribution in [3.63, 3.8) is 0 Å². The molecule has 19 heavy (non-hydrogen) atoms. The predicted molar refractivity (Wildman–Crippen MR) is 82.6 cm³/mol. The minimum Gasteiger partial charge on any atom is -0.344 e. The average molecular weight is 258 g/mol. The molecule has 0 saturated carbocycles. The second-order valence-corrected chi connectivity index (χ2v) is 6.92. The van der Waals surface area contributed by atoms with Gasteiger partial charge in [-0.05, 0) is 49.7 Å². The smallest absolute Gasteiger partial charge is 0.0659 e. The zero-order valence-corrected chi connectivity index (χ0v) is 13.0. The van der Waals surface area contributed by atoms with E-state index < -0.39 is 0 Å². The highest BCUT2D eigenvalue weighted by Gasteiger charge is 2.25. The van der Waals surface area contributed by atoms with Crippen LogP contribution in [0.15, 0.2) is 18.5 Å². The maximum atomic E-state index is 4.63. The summed E-state index contributed by atoms with van der Waals surface area (Å²) in [6, 6.07) is 0. The lowest BCUT2D eigenvalue weighted by atomic mass is 9.89. The number of hydrogen-bond acceptors (Lipinski definition) is 2. The lowest BCUT2D eigenvalue weighted by molar-refractivity contribution is 0.404. The van der Waals surface area contributed by atoms with E-state index in [1.807, 2.05) is 6.20 Å². The van der Waals surface area contributed by atoms with Crippen molar-refractivity contribution < 1.29 is 0 Å². The van der Waals surface area contributed by atoms with E-state index in [0.717, 1.165) is 19.4 Å². The van der Waals surface area contributed by atoms with E-state index in [1.165, 1.54) is 34.6 Å². The van der Waals surface area contributed by atoms with Gasteiger partial charge in [-0.3, -0.25) is 4.98 Å². The molecule has 0 aliphatic carbocycles. The van der Waals surface area contributed by atoms with Crippen molar-refractivity contribution in [1.82, 2.24) is 4.98 Å². The Hall–Kier alpha value is -1.31. The van der Waals surface area contributed by atoms with Crippen LogP contribution >= 0.6 is 0 Å². The lowest BCUT2D eigenvalue weighted by Gasteiger charge is -2.36. The van der Waals surface area contributed by atoms with Crippen molar-refractivity contribution >= 4 is 5.69 Å². The Morgan fingerprint density at radius 2 is 2.05 bits per heavy atom. The Bertz CT molecular complexity index is 495. The first kappa shape index (κ1) is 14.1. The van der Waals surface area contributed by atoms with E-state index in [4.69, 9.17) is 0 Å². The zero-order chi connectivity index (χ0) is 14.2. The van der Waals surface area contributed by atoms with Gasteiger partial charge in [-0.15, -0.1) is 0 Å². The molecule has 1 aromatic rings. The van der Waals surface area contributed by atoms with E-state index in [-0.39, 0.29) is 5.41 Å². The van der Waals surface area contributed by atoms with Gasteiger partial charge in [0.1, 0.15) is 0 Å². The second kappa shape index (κ2) is 4.99. The second-order valence-electron chi connectivity index (χ2n) is 6.92. The molecule has 0 atom stereocenters. The van der Waals surface area contributed by atoms with Gasteiger partial charge in [0.05, 0.1) is 11.4 Å². The maximum Gasteiger partial charge on any atom is 0.0659 e. The minimum atomic E-state index is 0.278. The first-order valence-corrected chi connectivity index (χ1v) is 7.20. The van der Waals surface area contributed by atoms with Crippen molar-refractivity contribution in [1.29, 1.82) is 0 Å². The molecule has 2 heteroatoms. The van der Waals surface area contributed by atoms with Gasteiger partial charge in [-0.2, -0.15) is 0 Å². The number of nitrogens with zero attached hydrogens (tertiary/aromatic N) is 2. The number of fused-ring (bicyclic) bond motifs is 1. The molecule has 0 amide bonds. The first-order chi connectivity index (χ1) is 8.79. The van der Waals surface area contributed by atoms with Crippen LogP contribution in [0.3, 0.4) is 0 Å². The van der Waals surface area contributed by atoms with E-state index in [9.17, 15) is 0 Å². The van der Waals surface area contributed by atoms with Gasteiger partial charge >= 0.3 is 0 Å². The molecule has 104 valence electrons. The molecule has 2 nitrogen and oxygen atoms in total. The third-order valence-corrected chi connectivity index (χ3v) is 3.82. The number of anilines is 1. The van der Waals surface area contributed by atoms with Crippen molar-refractivity contribution in [2.24, 2.45) is 5.41 Å². The maximum absolute atomic E-state index is 4.63. The Labute approximate surface area is 117 Å². The highest BCUT2D eigenvalue weighted by molar-refractivity contribution is 5.63. The number of aryl methyl sites for hydroxylation is 2. The molecule has 1 aliphatic rings. The van der Waals surface area contributed by atoms with E-state index in [0.29, 0.717) is 0 Å². The van der Waals surface area contributed by atoms with Crippen LogP contribution in [-0.4, -0.2) is 11.5 Å². The summed E-state index contributed by atoms with van der Waals surface area (Å²) in [6.45, 7) is 16.6. The van der Waals surface area contributed by atoms with Gasteiger partial charge in [0.2, 0.25) is 0 Å². The molecule has 0 aromatic carbocycles. The molecule has 0 N–H and O–H groups in total. The molecule has 0 unspecified atom stereocenters. The zero-order valence-electron chi connectivity index (χ0n) is 13.0. The molecule has 2 rings (SSSR count). The summed E-state index contributed by atoms with van der Waals surface area (Å²) in [5.41, 5.74) is 6.70. The monoisotopic (exact) mass is 258 g/mol. The summed E-state index contributed by atoms with van der Waals surface area (Å²) in [6.07, 6.45) is 5.30. The normalized spacial score (nSPS) is 15.3. The lowest BCUT2D eigenvalue weighted by Crippen LogP contribution is -2.31. The molecule has 0 fully saturated rings. The van der Waals surface area contributed by atoms with Gasteiger partial charge < -0.3 is 4.90 Å². The van der Waals surface area contributed by atoms with E-state index >= 15 is 0 Å². The highest BCUT2D eigenvalue weighted by atomic mass is 15.2. The molecule has 1 aromatic heterocycles. The number of hydrogen-bond donors (Lipinski definition) is 0. The molecule has 2 heterocycles. The average Bonchev–Trinajstić information content (AvgIpc) is 2.31. The van der Waals surface area contributed by atoms with Crippen LogP contribution in [0.4, 0.5) is 5.69 Å². The van der Waals surface area contributed by atoms with Crippen LogP contribution in [0.5, 0.6) is 0 Å². The van der Waals surface area contributed by atoms with Gasteiger partial charge in [0.25, 0.3) is 0 Å². The number of pyridine rings is 1. The number of allylic oxidation sites excluding steroid dienone is 1.